The van der Waals surface area contributed by atoms with Gasteiger partial charge in [0, 0.05) is 16.3 Å². The number of carbonyl (C=O) groups is 1. The number of halogens is 1. The first-order valence-corrected chi connectivity index (χ1v) is 8.33. The second-order valence-electron chi connectivity index (χ2n) is 6.25. The van der Waals surface area contributed by atoms with Crippen molar-refractivity contribution < 1.29 is 4.79 Å². The SMILES string of the molecule is CC.Cc1cc(C(=O)Nc2cccc(C(C)(C)C)c2)ccc1Cl. The topological polar surface area (TPSA) is 29.1 Å². The summed E-state index contributed by atoms with van der Waals surface area (Å²) in [5.74, 6) is -0.124. The zero-order chi connectivity index (χ0) is 17.6. The van der Waals surface area contributed by atoms with Crippen LogP contribution in [0.25, 0.3) is 0 Å². The Hall–Kier alpha value is -1.80. The first-order chi connectivity index (χ1) is 10.8. The van der Waals surface area contributed by atoms with Crippen molar-refractivity contribution in [1.29, 1.82) is 0 Å². The van der Waals surface area contributed by atoms with Gasteiger partial charge in [-0.25, -0.2) is 0 Å². The third kappa shape index (κ3) is 5.40. The number of aryl methyl sites for hydroxylation is 1. The Labute approximate surface area is 144 Å². The molecule has 0 spiro atoms. The first-order valence-electron chi connectivity index (χ1n) is 7.95. The molecule has 0 heterocycles. The van der Waals surface area contributed by atoms with E-state index in [-0.39, 0.29) is 11.3 Å². The molecule has 2 rings (SSSR count). The molecule has 2 aromatic rings. The molecule has 23 heavy (non-hydrogen) atoms. The molecular weight excluding hydrogens is 306 g/mol. The standard InChI is InChI=1S/C18H20ClNO.C2H6/c1-12-10-13(8-9-16(12)19)17(21)20-15-7-5-6-14(11-15)18(2,3)4;1-2/h5-11H,1-4H3,(H,20,21);1-2H3. The molecule has 0 bridgehead atoms. The van der Waals surface area contributed by atoms with E-state index in [4.69, 9.17) is 11.6 Å². The highest BCUT2D eigenvalue weighted by Crippen LogP contribution is 2.25. The third-order valence-electron chi connectivity index (χ3n) is 3.41. The summed E-state index contributed by atoms with van der Waals surface area (Å²) in [5, 5.41) is 3.60. The smallest absolute Gasteiger partial charge is 0.255 e. The summed E-state index contributed by atoms with van der Waals surface area (Å²) in [6, 6.07) is 13.2. The maximum absolute atomic E-state index is 12.3. The zero-order valence-electron chi connectivity index (χ0n) is 14.8. The lowest BCUT2D eigenvalue weighted by molar-refractivity contribution is 0.102. The van der Waals surface area contributed by atoms with Gasteiger partial charge in [-0.05, 0) is 53.8 Å². The maximum Gasteiger partial charge on any atom is 0.255 e. The Morgan fingerprint density at radius 2 is 1.70 bits per heavy atom. The number of carbonyl (C=O) groups excluding carboxylic acids is 1. The first kappa shape index (κ1) is 19.2. The van der Waals surface area contributed by atoms with Crippen molar-refractivity contribution >= 4 is 23.2 Å². The summed E-state index contributed by atoms with van der Waals surface area (Å²) in [6.07, 6.45) is 0. The molecular formula is C20H26ClNO. The molecule has 0 saturated carbocycles. The van der Waals surface area contributed by atoms with E-state index in [2.05, 4.69) is 32.2 Å². The minimum Gasteiger partial charge on any atom is -0.322 e. The van der Waals surface area contributed by atoms with E-state index in [1.807, 2.05) is 39.0 Å². The minimum atomic E-state index is -0.124. The number of anilines is 1. The number of nitrogens with one attached hydrogen (secondary N) is 1. The molecule has 1 N–H and O–H groups in total. The van der Waals surface area contributed by atoms with Crippen LogP contribution < -0.4 is 5.32 Å². The fourth-order valence-electron chi connectivity index (χ4n) is 2.05. The predicted octanol–water partition coefficient (Wildman–Crippen LogP) is 6.22. The van der Waals surface area contributed by atoms with Gasteiger partial charge in [-0.1, -0.05) is 58.4 Å². The van der Waals surface area contributed by atoms with Gasteiger partial charge in [0.05, 0.1) is 0 Å². The minimum absolute atomic E-state index is 0.0532. The van der Waals surface area contributed by atoms with E-state index in [9.17, 15) is 4.79 Å². The largest absolute Gasteiger partial charge is 0.322 e. The number of amides is 1. The van der Waals surface area contributed by atoms with Crippen LogP contribution in [0.4, 0.5) is 5.69 Å². The Bertz CT molecular complexity index is 672. The van der Waals surface area contributed by atoms with Crippen LogP contribution in [0.15, 0.2) is 42.5 Å². The van der Waals surface area contributed by atoms with Crippen molar-refractivity contribution in [2.75, 3.05) is 5.32 Å². The molecule has 2 aromatic carbocycles. The maximum atomic E-state index is 12.3. The highest BCUT2D eigenvalue weighted by Gasteiger charge is 2.14. The molecule has 0 unspecified atom stereocenters. The molecule has 0 fully saturated rings. The lowest BCUT2D eigenvalue weighted by atomic mass is 9.87. The predicted molar refractivity (Wildman–Crippen MR) is 101 cm³/mol. The molecule has 0 aliphatic carbocycles. The van der Waals surface area contributed by atoms with E-state index in [1.54, 1.807) is 18.2 Å². The van der Waals surface area contributed by atoms with Crippen LogP contribution in [-0.2, 0) is 5.41 Å². The van der Waals surface area contributed by atoms with E-state index in [0.717, 1.165) is 11.3 Å². The fourth-order valence-corrected chi connectivity index (χ4v) is 2.17. The molecule has 0 saturated heterocycles. The van der Waals surface area contributed by atoms with Crippen molar-refractivity contribution in [2.45, 2.75) is 47.0 Å². The zero-order valence-corrected chi connectivity index (χ0v) is 15.6. The van der Waals surface area contributed by atoms with E-state index in [1.165, 1.54) is 5.56 Å². The van der Waals surface area contributed by atoms with Gasteiger partial charge in [-0.2, -0.15) is 0 Å². The summed E-state index contributed by atoms with van der Waals surface area (Å²) >= 11 is 5.98. The van der Waals surface area contributed by atoms with Crippen LogP contribution in [-0.4, -0.2) is 5.91 Å². The van der Waals surface area contributed by atoms with Crippen molar-refractivity contribution in [3.8, 4) is 0 Å². The summed E-state index contributed by atoms with van der Waals surface area (Å²) in [6.45, 7) is 12.3. The average molecular weight is 332 g/mol. The number of benzene rings is 2. The molecule has 124 valence electrons. The van der Waals surface area contributed by atoms with Crippen LogP contribution >= 0.6 is 11.6 Å². The van der Waals surface area contributed by atoms with Crippen molar-refractivity contribution in [1.82, 2.24) is 0 Å². The van der Waals surface area contributed by atoms with Gasteiger partial charge in [0.25, 0.3) is 5.91 Å². The molecule has 0 atom stereocenters. The number of hydrogen-bond acceptors (Lipinski definition) is 1. The lowest BCUT2D eigenvalue weighted by Crippen LogP contribution is -2.14. The highest BCUT2D eigenvalue weighted by molar-refractivity contribution is 6.31. The molecule has 0 aliphatic heterocycles. The highest BCUT2D eigenvalue weighted by atomic mass is 35.5. The van der Waals surface area contributed by atoms with E-state index < -0.39 is 0 Å². The second-order valence-corrected chi connectivity index (χ2v) is 6.66. The number of rotatable bonds is 2. The van der Waals surface area contributed by atoms with Crippen LogP contribution in [0.5, 0.6) is 0 Å². The third-order valence-corrected chi connectivity index (χ3v) is 3.83. The Balaban J connectivity index is 0.00000127. The normalized spacial score (nSPS) is 10.6. The van der Waals surface area contributed by atoms with Gasteiger partial charge in [0.1, 0.15) is 0 Å². The Kier molecular flexibility index (Phi) is 6.83. The van der Waals surface area contributed by atoms with Crippen LogP contribution in [0.1, 0.15) is 56.1 Å². The quantitative estimate of drug-likeness (QED) is 0.694. The summed E-state index contributed by atoms with van der Waals surface area (Å²) in [4.78, 5) is 12.3. The van der Waals surface area contributed by atoms with Gasteiger partial charge < -0.3 is 5.32 Å². The summed E-state index contributed by atoms with van der Waals surface area (Å²) in [7, 11) is 0. The lowest BCUT2D eigenvalue weighted by Gasteiger charge is -2.20. The summed E-state index contributed by atoms with van der Waals surface area (Å²) < 4.78 is 0. The van der Waals surface area contributed by atoms with Crippen LogP contribution in [0.2, 0.25) is 5.02 Å². The summed E-state index contributed by atoms with van der Waals surface area (Å²) in [5.41, 5.74) is 3.55. The van der Waals surface area contributed by atoms with Gasteiger partial charge in [-0.15, -0.1) is 0 Å². The van der Waals surface area contributed by atoms with Crippen LogP contribution in [0.3, 0.4) is 0 Å². The molecule has 0 aromatic heterocycles. The average Bonchev–Trinajstić information content (AvgIpc) is 2.51. The van der Waals surface area contributed by atoms with Gasteiger partial charge in [0.15, 0.2) is 0 Å². The van der Waals surface area contributed by atoms with Gasteiger partial charge in [0.2, 0.25) is 0 Å². The molecule has 1 amide bonds. The van der Waals surface area contributed by atoms with Crippen molar-refractivity contribution in [3.05, 3.63) is 64.2 Å². The Morgan fingerprint density at radius 1 is 1.04 bits per heavy atom. The van der Waals surface area contributed by atoms with Gasteiger partial charge in [-0.3, -0.25) is 4.79 Å². The molecule has 0 radical (unpaired) electrons. The second kappa shape index (κ2) is 8.16. The fraction of sp³-hybridized carbons (Fsp3) is 0.350. The Morgan fingerprint density at radius 3 is 2.26 bits per heavy atom. The molecule has 0 aliphatic rings. The number of hydrogen-bond donors (Lipinski definition) is 1. The molecule has 3 heteroatoms. The van der Waals surface area contributed by atoms with E-state index >= 15 is 0 Å². The monoisotopic (exact) mass is 331 g/mol. The van der Waals surface area contributed by atoms with Crippen molar-refractivity contribution in [2.24, 2.45) is 0 Å². The van der Waals surface area contributed by atoms with Crippen molar-refractivity contribution in [3.63, 3.8) is 0 Å². The van der Waals surface area contributed by atoms with E-state index in [0.29, 0.717) is 10.6 Å². The van der Waals surface area contributed by atoms with Gasteiger partial charge >= 0.3 is 0 Å². The van der Waals surface area contributed by atoms with Crippen LogP contribution in [0, 0.1) is 6.92 Å². The molecule has 2 nitrogen and oxygen atoms in total.